The summed E-state index contributed by atoms with van der Waals surface area (Å²) in [5.41, 5.74) is 3.68. The molecule has 7 heteroatoms. The highest BCUT2D eigenvalue weighted by Crippen LogP contribution is 2.34. The van der Waals surface area contributed by atoms with E-state index in [9.17, 15) is 5.11 Å². The first-order valence-electron chi connectivity index (χ1n) is 9.58. The maximum Gasteiger partial charge on any atom is 0.325 e. The highest BCUT2D eigenvalue weighted by molar-refractivity contribution is 5.82. The zero-order valence-corrected chi connectivity index (χ0v) is 17.0. The van der Waals surface area contributed by atoms with Crippen molar-refractivity contribution < 1.29 is 14.6 Å². The summed E-state index contributed by atoms with van der Waals surface area (Å²) in [6.07, 6.45) is 4.08. The summed E-state index contributed by atoms with van der Waals surface area (Å²) < 4.78 is 11.3. The van der Waals surface area contributed by atoms with Gasteiger partial charge in [0.1, 0.15) is 11.5 Å². The van der Waals surface area contributed by atoms with Gasteiger partial charge in [0, 0.05) is 18.9 Å². The SMILES string of the molecule is CCc1ccc(N(C)c2ccc(Oc3nc(O)c4ccncc4n3)cc2)c(OC)c1. The van der Waals surface area contributed by atoms with Crippen molar-refractivity contribution >= 4 is 22.3 Å². The molecular formula is C23H22N4O3. The average Bonchev–Trinajstić information content (AvgIpc) is 2.78. The summed E-state index contributed by atoms with van der Waals surface area (Å²) in [5.74, 6) is 1.24. The van der Waals surface area contributed by atoms with Gasteiger partial charge in [-0.1, -0.05) is 13.0 Å². The second-order valence-electron chi connectivity index (χ2n) is 6.74. The largest absolute Gasteiger partial charge is 0.495 e. The number of ether oxygens (including phenoxy) is 2. The van der Waals surface area contributed by atoms with Crippen molar-refractivity contribution in [2.24, 2.45) is 0 Å². The number of aromatic nitrogens is 3. The van der Waals surface area contributed by atoms with Crippen molar-refractivity contribution in [1.29, 1.82) is 0 Å². The molecule has 2 aromatic carbocycles. The van der Waals surface area contributed by atoms with Gasteiger partial charge in [-0.3, -0.25) is 4.98 Å². The standard InChI is InChI=1S/C23H22N4O3/c1-4-15-5-10-20(21(13-15)29-3)27(2)16-6-8-17(9-7-16)30-23-25-19-14-24-12-11-18(19)22(28)26-23/h5-14H,4H2,1-3H3,(H,25,26,28). The summed E-state index contributed by atoms with van der Waals surface area (Å²) in [5, 5.41) is 10.6. The average molecular weight is 402 g/mol. The molecule has 0 aliphatic rings. The molecule has 2 heterocycles. The fourth-order valence-electron chi connectivity index (χ4n) is 3.19. The summed E-state index contributed by atoms with van der Waals surface area (Å²) >= 11 is 0. The minimum absolute atomic E-state index is 0.0610. The molecule has 30 heavy (non-hydrogen) atoms. The number of anilines is 2. The zero-order valence-electron chi connectivity index (χ0n) is 17.0. The van der Waals surface area contributed by atoms with Crippen molar-refractivity contribution in [2.75, 3.05) is 19.1 Å². The van der Waals surface area contributed by atoms with E-state index in [2.05, 4.69) is 40.1 Å². The third-order valence-electron chi connectivity index (χ3n) is 4.91. The Kier molecular flexibility index (Phi) is 5.34. The van der Waals surface area contributed by atoms with Gasteiger partial charge in [0.25, 0.3) is 0 Å². The summed E-state index contributed by atoms with van der Waals surface area (Å²) in [6, 6.07) is 15.5. The summed E-state index contributed by atoms with van der Waals surface area (Å²) in [6.45, 7) is 2.12. The molecule has 2 aromatic heterocycles. The molecule has 7 nitrogen and oxygen atoms in total. The lowest BCUT2D eigenvalue weighted by atomic mass is 10.1. The number of fused-ring (bicyclic) bond motifs is 1. The Labute approximate surface area is 174 Å². The van der Waals surface area contributed by atoms with Crippen LogP contribution in [0.2, 0.25) is 0 Å². The Morgan fingerprint density at radius 1 is 1.03 bits per heavy atom. The molecule has 0 amide bonds. The second kappa shape index (κ2) is 8.24. The lowest BCUT2D eigenvalue weighted by Gasteiger charge is -2.22. The molecule has 0 radical (unpaired) electrons. The van der Waals surface area contributed by atoms with E-state index in [0.717, 1.165) is 23.5 Å². The Morgan fingerprint density at radius 3 is 2.57 bits per heavy atom. The van der Waals surface area contributed by atoms with Crippen LogP contribution >= 0.6 is 0 Å². The van der Waals surface area contributed by atoms with Gasteiger partial charge in [-0.05, 0) is 54.4 Å². The van der Waals surface area contributed by atoms with Gasteiger partial charge in [0.05, 0.1) is 29.9 Å². The second-order valence-corrected chi connectivity index (χ2v) is 6.74. The molecule has 0 unspecified atom stereocenters. The monoisotopic (exact) mass is 402 g/mol. The van der Waals surface area contributed by atoms with Gasteiger partial charge in [-0.2, -0.15) is 9.97 Å². The number of methoxy groups -OCH3 is 1. The van der Waals surface area contributed by atoms with Crippen LogP contribution in [0.5, 0.6) is 23.4 Å². The number of hydrogen-bond acceptors (Lipinski definition) is 7. The molecule has 0 bridgehead atoms. The summed E-state index contributed by atoms with van der Waals surface area (Å²) in [7, 11) is 3.66. The Hall–Kier alpha value is -3.87. The lowest BCUT2D eigenvalue weighted by molar-refractivity contribution is 0.412. The van der Waals surface area contributed by atoms with Crippen LogP contribution in [0.3, 0.4) is 0 Å². The van der Waals surface area contributed by atoms with E-state index in [1.165, 1.54) is 5.56 Å². The fraction of sp³-hybridized carbons (Fsp3) is 0.174. The molecule has 0 saturated heterocycles. The molecule has 4 rings (SSSR count). The topological polar surface area (TPSA) is 80.6 Å². The molecule has 0 spiro atoms. The van der Waals surface area contributed by atoms with Crippen LogP contribution < -0.4 is 14.4 Å². The van der Waals surface area contributed by atoms with E-state index >= 15 is 0 Å². The van der Waals surface area contributed by atoms with Crippen LogP contribution in [0.15, 0.2) is 60.9 Å². The predicted octanol–water partition coefficient (Wildman–Crippen LogP) is 4.86. The first-order chi connectivity index (χ1) is 14.6. The van der Waals surface area contributed by atoms with Crippen LogP contribution in [0.4, 0.5) is 11.4 Å². The Bertz CT molecular complexity index is 1180. The molecule has 0 fully saturated rings. The van der Waals surface area contributed by atoms with E-state index in [1.54, 1.807) is 25.6 Å². The Balaban J connectivity index is 1.56. The summed E-state index contributed by atoms with van der Waals surface area (Å²) in [4.78, 5) is 14.4. The molecule has 0 aliphatic heterocycles. The van der Waals surface area contributed by atoms with Crippen LogP contribution in [-0.4, -0.2) is 34.2 Å². The van der Waals surface area contributed by atoms with Gasteiger partial charge < -0.3 is 19.5 Å². The first kappa shape index (κ1) is 19.4. The highest BCUT2D eigenvalue weighted by atomic mass is 16.5. The van der Waals surface area contributed by atoms with Gasteiger partial charge in [0.2, 0.25) is 5.88 Å². The highest BCUT2D eigenvalue weighted by Gasteiger charge is 2.12. The number of rotatable bonds is 6. The molecule has 0 saturated carbocycles. The van der Waals surface area contributed by atoms with Crippen molar-refractivity contribution in [3.05, 3.63) is 66.5 Å². The van der Waals surface area contributed by atoms with Crippen LogP contribution in [0.1, 0.15) is 12.5 Å². The van der Waals surface area contributed by atoms with Crippen LogP contribution in [0, 0.1) is 0 Å². The molecule has 0 atom stereocenters. The van der Waals surface area contributed by atoms with Gasteiger partial charge in [-0.15, -0.1) is 0 Å². The number of hydrogen-bond donors (Lipinski definition) is 1. The van der Waals surface area contributed by atoms with E-state index in [1.807, 2.05) is 36.2 Å². The molecule has 152 valence electrons. The molecule has 0 aliphatic carbocycles. The number of benzene rings is 2. The smallest absolute Gasteiger partial charge is 0.325 e. The molecule has 4 aromatic rings. The van der Waals surface area contributed by atoms with Gasteiger partial charge >= 0.3 is 6.01 Å². The number of aryl methyl sites for hydroxylation is 1. The zero-order chi connectivity index (χ0) is 21.1. The Morgan fingerprint density at radius 2 is 1.83 bits per heavy atom. The third kappa shape index (κ3) is 3.82. The van der Waals surface area contributed by atoms with Crippen LogP contribution in [0.25, 0.3) is 10.9 Å². The van der Waals surface area contributed by atoms with Gasteiger partial charge in [-0.25, -0.2) is 0 Å². The number of nitrogens with zero attached hydrogens (tertiary/aromatic N) is 4. The quantitative estimate of drug-likeness (QED) is 0.493. The van der Waals surface area contributed by atoms with Crippen molar-refractivity contribution in [3.63, 3.8) is 0 Å². The minimum Gasteiger partial charge on any atom is -0.495 e. The predicted molar refractivity (Wildman–Crippen MR) is 116 cm³/mol. The third-order valence-corrected chi connectivity index (χ3v) is 4.91. The van der Waals surface area contributed by atoms with Crippen molar-refractivity contribution in [3.8, 4) is 23.4 Å². The maximum atomic E-state index is 10.1. The normalized spacial score (nSPS) is 10.8. The van der Waals surface area contributed by atoms with Crippen LogP contribution in [-0.2, 0) is 6.42 Å². The number of pyridine rings is 1. The lowest BCUT2D eigenvalue weighted by Crippen LogP contribution is -2.10. The maximum absolute atomic E-state index is 10.1. The van der Waals surface area contributed by atoms with E-state index in [0.29, 0.717) is 16.7 Å². The minimum atomic E-state index is -0.142. The van der Waals surface area contributed by atoms with Crippen molar-refractivity contribution in [1.82, 2.24) is 15.0 Å². The van der Waals surface area contributed by atoms with E-state index in [4.69, 9.17) is 9.47 Å². The first-order valence-corrected chi connectivity index (χ1v) is 9.58. The number of aromatic hydroxyl groups is 1. The van der Waals surface area contributed by atoms with E-state index < -0.39 is 0 Å². The van der Waals surface area contributed by atoms with Gasteiger partial charge in [0.15, 0.2) is 0 Å². The van der Waals surface area contributed by atoms with E-state index in [-0.39, 0.29) is 11.9 Å². The fourth-order valence-corrected chi connectivity index (χ4v) is 3.19. The van der Waals surface area contributed by atoms with Crippen molar-refractivity contribution in [2.45, 2.75) is 13.3 Å². The molecule has 1 N–H and O–H groups in total. The molecular weight excluding hydrogens is 380 g/mol.